The fraction of sp³-hybridized carbons (Fsp3) is 0.312. The van der Waals surface area contributed by atoms with Gasteiger partial charge in [0.1, 0.15) is 11.9 Å². The summed E-state index contributed by atoms with van der Waals surface area (Å²) in [5.74, 6) is 0.0196. The van der Waals surface area contributed by atoms with E-state index < -0.39 is 0 Å². The van der Waals surface area contributed by atoms with Crippen LogP contribution in [0.4, 0.5) is 0 Å². The zero-order valence-corrected chi connectivity index (χ0v) is 13.2. The van der Waals surface area contributed by atoms with Gasteiger partial charge < -0.3 is 5.11 Å². The maximum absolute atomic E-state index is 12.2. The third-order valence-electron chi connectivity index (χ3n) is 3.16. The monoisotopic (exact) mass is 300 g/mol. The zero-order valence-electron chi connectivity index (χ0n) is 13.2. The van der Waals surface area contributed by atoms with E-state index in [9.17, 15) is 9.90 Å². The molecule has 0 atom stereocenters. The summed E-state index contributed by atoms with van der Waals surface area (Å²) in [6, 6.07) is 5.70. The van der Waals surface area contributed by atoms with Crippen LogP contribution in [-0.4, -0.2) is 24.7 Å². The van der Waals surface area contributed by atoms with Crippen molar-refractivity contribution in [3.8, 4) is 17.0 Å². The van der Waals surface area contributed by atoms with Crippen LogP contribution < -0.4 is 5.56 Å². The van der Waals surface area contributed by atoms with E-state index in [0.29, 0.717) is 0 Å². The molecule has 0 radical (unpaired) electrons. The van der Waals surface area contributed by atoms with E-state index in [1.165, 1.54) is 17.3 Å². The summed E-state index contributed by atoms with van der Waals surface area (Å²) in [5.41, 5.74) is 2.39. The van der Waals surface area contributed by atoms with Gasteiger partial charge in [0, 0.05) is 0 Å². The normalized spacial score (nSPS) is 10.4. The molecule has 1 aromatic carbocycles. The minimum Gasteiger partial charge on any atom is -0.493 e. The van der Waals surface area contributed by atoms with Crippen LogP contribution in [0.2, 0.25) is 0 Å². The number of aromatic nitrogens is 4. The molecule has 6 nitrogen and oxygen atoms in total. The number of hydrogen-bond acceptors (Lipinski definition) is 4. The van der Waals surface area contributed by atoms with Crippen LogP contribution >= 0.6 is 0 Å². The van der Waals surface area contributed by atoms with Crippen molar-refractivity contribution in [1.82, 2.24) is 19.6 Å². The second kappa shape index (κ2) is 6.43. The van der Waals surface area contributed by atoms with Gasteiger partial charge in [-0.05, 0) is 30.5 Å². The van der Waals surface area contributed by atoms with Crippen LogP contribution in [0.1, 0.15) is 31.4 Å². The predicted octanol–water partition coefficient (Wildman–Crippen LogP) is 2.82. The first-order chi connectivity index (χ1) is 10.5. The van der Waals surface area contributed by atoms with Gasteiger partial charge in [0.05, 0.1) is 0 Å². The van der Waals surface area contributed by atoms with E-state index in [0.717, 1.165) is 16.7 Å². The Morgan fingerprint density at radius 2 is 1.77 bits per heavy atom. The Morgan fingerprint density at radius 3 is 2.36 bits per heavy atom. The molecule has 0 aliphatic carbocycles. The fourth-order valence-electron chi connectivity index (χ4n) is 2.29. The third kappa shape index (κ3) is 2.72. The van der Waals surface area contributed by atoms with Crippen LogP contribution in [0.5, 0.6) is 5.88 Å². The van der Waals surface area contributed by atoms with Crippen molar-refractivity contribution in [2.24, 2.45) is 0 Å². The molecule has 0 fully saturated rings. The lowest BCUT2D eigenvalue weighted by molar-refractivity contribution is 0.436. The number of H-pyrrole nitrogens is 1. The molecule has 3 rings (SSSR count). The first-order valence-electron chi connectivity index (χ1n) is 7.22. The van der Waals surface area contributed by atoms with E-state index in [1.54, 1.807) is 0 Å². The van der Waals surface area contributed by atoms with Gasteiger partial charge in [-0.1, -0.05) is 38.5 Å². The lowest BCUT2D eigenvalue weighted by Gasteiger charge is -2.10. The lowest BCUT2D eigenvalue weighted by atomic mass is 9.97. The van der Waals surface area contributed by atoms with E-state index in [4.69, 9.17) is 0 Å². The van der Waals surface area contributed by atoms with Gasteiger partial charge in [0.25, 0.3) is 5.56 Å². The Bertz CT molecular complexity index is 829. The van der Waals surface area contributed by atoms with Crippen LogP contribution in [0.25, 0.3) is 16.9 Å². The van der Waals surface area contributed by atoms with Gasteiger partial charge in [-0.3, -0.25) is 9.78 Å². The highest BCUT2D eigenvalue weighted by Gasteiger charge is 2.18. The zero-order chi connectivity index (χ0) is 16.3. The van der Waals surface area contributed by atoms with E-state index in [2.05, 4.69) is 28.9 Å². The van der Waals surface area contributed by atoms with Gasteiger partial charge >= 0.3 is 0 Å². The molecule has 6 heteroatoms. The Labute approximate surface area is 128 Å². The summed E-state index contributed by atoms with van der Waals surface area (Å²) < 4.78 is 1.21. The summed E-state index contributed by atoms with van der Waals surface area (Å²) in [5, 5.41) is 14.2. The van der Waals surface area contributed by atoms with Crippen LogP contribution in [0.3, 0.4) is 0 Å². The number of aromatic hydroxyl groups is 1. The van der Waals surface area contributed by atoms with Crippen LogP contribution in [0, 0.1) is 13.8 Å². The van der Waals surface area contributed by atoms with Crippen LogP contribution in [0.15, 0.2) is 29.3 Å². The molecule has 22 heavy (non-hydrogen) atoms. The Kier molecular flexibility index (Phi) is 4.60. The molecule has 3 aromatic rings. The quantitative estimate of drug-likeness (QED) is 0.724. The highest BCUT2D eigenvalue weighted by Crippen LogP contribution is 2.30. The van der Waals surface area contributed by atoms with Crippen LogP contribution in [-0.2, 0) is 0 Å². The van der Waals surface area contributed by atoms with E-state index >= 15 is 0 Å². The summed E-state index contributed by atoms with van der Waals surface area (Å²) in [7, 11) is 0. The highest BCUT2D eigenvalue weighted by atomic mass is 16.3. The minimum absolute atomic E-state index is 0.200. The maximum Gasteiger partial charge on any atom is 0.264 e. The minimum atomic E-state index is -0.379. The van der Waals surface area contributed by atoms with Gasteiger partial charge in [0.15, 0.2) is 0 Å². The first kappa shape index (κ1) is 15.8. The van der Waals surface area contributed by atoms with Crippen molar-refractivity contribution in [1.29, 1.82) is 0 Å². The molecular weight excluding hydrogens is 280 g/mol. The number of hydrogen-bond donors (Lipinski definition) is 2. The molecule has 2 N–H and O–H groups in total. The number of aryl methyl sites for hydroxylation is 2. The molecule has 0 amide bonds. The molecule has 0 unspecified atom stereocenters. The van der Waals surface area contributed by atoms with Crippen molar-refractivity contribution in [3.63, 3.8) is 0 Å². The molecule has 0 aliphatic rings. The average molecular weight is 300 g/mol. The fourth-order valence-corrected chi connectivity index (χ4v) is 2.29. The molecule has 0 spiro atoms. The second-order valence-electron chi connectivity index (χ2n) is 5.12. The highest BCUT2D eigenvalue weighted by molar-refractivity contribution is 5.74. The van der Waals surface area contributed by atoms with Gasteiger partial charge in [-0.15, -0.1) is 0 Å². The molecule has 0 aliphatic heterocycles. The number of nitrogens with zero attached hydrogens (tertiary/aromatic N) is 3. The average Bonchev–Trinajstić information content (AvgIpc) is 2.91. The number of nitrogens with one attached hydrogen (secondary N) is 1. The topological polar surface area (TPSA) is 83.3 Å². The van der Waals surface area contributed by atoms with Crippen molar-refractivity contribution < 1.29 is 5.11 Å². The number of aromatic amines is 1. The summed E-state index contributed by atoms with van der Waals surface area (Å²) >= 11 is 0. The Balaban J connectivity index is 0.000000545. The largest absolute Gasteiger partial charge is 0.493 e. The number of rotatable bonds is 1. The van der Waals surface area contributed by atoms with Crippen molar-refractivity contribution in [2.75, 3.05) is 0 Å². The molecule has 0 saturated heterocycles. The second-order valence-corrected chi connectivity index (χ2v) is 5.12. The maximum atomic E-state index is 12.2. The molecule has 116 valence electrons. The van der Waals surface area contributed by atoms with Gasteiger partial charge in [-0.25, -0.2) is 0 Å². The summed E-state index contributed by atoms with van der Waals surface area (Å²) in [4.78, 5) is 18.6. The Hall–Kier alpha value is -2.63. The van der Waals surface area contributed by atoms with Gasteiger partial charge in [-0.2, -0.15) is 14.6 Å². The summed E-state index contributed by atoms with van der Waals surface area (Å²) in [6.07, 6.45) is 2.53. The lowest BCUT2D eigenvalue weighted by Crippen LogP contribution is -2.14. The SMILES string of the molecule is CCC.Cc1cccc(C)c1-c1c(O)n2ncnc2[nH]c1=O. The van der Waals surface area contributed by atoms with E-state index in [-0.39, 0.29) is 22.8 Å². The number of benzene rings is 1. The smallest absolute Gasteiger partial charge is 0.264 e. The molecule has 0 saturated carbocycles. The molecule has 2 heterocycles. The summed E-state index contributed by atoms with van der Waals surface area (Å²) in [6.45, 7) is 8.04. The van der Waals surface area contributed by atoms with E-state index in [1.807, 2.05) is 32.0 Å². The van der Waals surface area contributed by atoms with Gasteiger partial charge in [0.2, 0.25) is 11.7 Å². The van der Waals surface area contributed by atoms with Crippen molar-refractivity contribution in [2.45, 2.75) is 34.1 Å². The number of fused-ring (bicyclic) bond motifs is 1. The standard InChI is InChI=1S/C13H12N4O2.C3H8/c1-7-4-3-5-8(2)9(7)10-11(18)16-13-14-6-15-17(13)12(10)19;1-3-2/h3-6,19H,1-2H3,(H,14,15,16,18);3H2,1-2H3. The first-order valence-corrected chi connectivity index (χ1v) is 7.22. The third-order valence-corrected chi connectivity index (χ3v) is 3.16. The van der Waals surface area contributed by atoms with Crippen molar-refractivity contribution in [3.05, 3.63) is 46.0 Å². The Morgan fingerprint density at radius 1 is 1.18 bits per heavy atom. The molecule has 0 bridgehead atoms. The predicted molar refractivity (Wildman–Crippen MR) is 86.1 cm³/mol. The molecule has 2 aromatic heterocycles. The molecular formula is C16H20N4O2. The van der Waals surface area contributed by atoms with Crippen molar-refractivity contribution >= 4 is 5.78 Å².